The van der Waals surface area contributed by atoms with Gasteiger partial charge >= 0.3 is 0 Å². The summed E-state index contributed by atoms with van der Waals surface area (Å²) in [5.74, 6) is 0. The molecule has 2 atom stereocenters. The summed E-state index contributed by atoms with van der Waals surface area (Å²) in [4.78, 5) is 2.46. The molecule has 0 aromatic heterocycles. The first-order chi connectivity index (χ1) is 6.77. The Hall–Kier alpha value is -0.120. The maximum absolute atomic E-state index is 8.73. The molecule has 1 saturated heterocycles. The van der Waals surface area contributed by atoms with Crippen LogP contribution in [0.25, 0.3) is 0 Å². The number of aliphatic hydroxyl groups is 1. The van der Waals surface area contributed by atoms with Gasteiger partial charge < -0.3 is 15.3 Å². The summed E-state index contributed by atoms with van der Waals surface area (Å²) in [6, 6.07) is 1.41. The van der Waals surface area contributed by atoms with Gasteiger partial charge in [0.15, 0.2) is 0 Å². The fourth-order valence-corrected chi connectivity index (χ4v) is 2.26. The maximum atomic E-state index is 8.73. The van der Waals surface area contributed by atoms with E-state index in [0.29, 0.717) is 18.7 Å². The molecule has 2 unspecified atom stereocenters. The summed E-state index contributed by atoms with van der Waals surface area (Å²) in [6.45, 7) is 1.54. The van der Waals surface area contributed by atoms with Gasteiger partial charge in [0.2, 0.25) is 0 Å². The number of unbranched alkanes of at least 4 members (excludes halogenated alkanes) is 1. The molecular weight excluding hydrogens is 176 g/mol. The lowest BCUT2D eigenvalue weighted by atomic mass is 9.94. The number of nitrogens with one attached hydrogen (secondary N) is 1. The molecular formula is C11H24N2O. The summed E-state index contributed by atoms with van der Waals surface area (Å²) in [7, 11) is 4.27. The van der Waals surface area contributed by atoms with E-state index in [4.69, 9.17) is 5.11 Å². The van der Waals surface area contributed by atoms with E-state index >= 15 is 0 Å². The first-order valence-electron chi connectivity index (χ1n) is 5.76. The van der Waals surface area contributed by atoms with Gasteiger partial charge in [-0.2, -0.15) is 0 Å². The highest BCUT2D eigenvalue weighted by Crippen LogP contribution is 2.19. The monoisotopic (exact) mass is 200 g/mol. The van der Waals surface area contributed by atoms with Crippen molar-refractivity contribution in [3.63, 3.8) is 0 Å². The van der Waals surface area contributed by atoms with Crippen molar-refractivity contribution in [2.45, 2.75) is 44.2 Å². The highest BCUT2D eigenvalue weighted by molar-refractivity contribution is 4.82. The molecule has 1 rings (SSSR count). The van der Waals surface area contributed by atoms with Crippen molar-refractivity contribution in [3.05, 3.63) is 0 Å². The third kappa shape index (κ3) is 3.56. The zero-order valence-corrected chi connectivity index (χ0v) is 9.50. The van der Waals surface area contributed by atoms with Crippen molar-refractivity contribution in [2.75, 3.05) is 27.2 Å². The minimum Gasteiger partial charge on any atom is -0.396 e. The van der Waals surface area contributed by atoms with Crippen molar-refractivity contribution in [1.29, 1.82) is 0 Å². The highest BCUT2D eigenvalue weighted by Gasteiger charge is 2.24. The van der Waals surface area contributed by atoms with Gasteiger partial charge in [0, 0.05) is 18.7 Å². The van der Waals surface area contributed by atoms with Crippen LogP contribution in [0.2, 0.25) is 0 Å². The van der Waals surface area contributed by atoms with E-state index in [1.165, 1.54) is 25.8 Å². The Balaban J connectivity index is 2.25. The molecule has 0 amide bonds. The number of hydrogen-bond acceptors (Lipinski definition) is 3. The van der Waals surface area contributed by atoms with Gasteiger partial charge in [-0.05, 0) is 52.7 Å². The maximum Gasteiger partial charge on any atom is 0.0431 e. The van der Waals surface area contributed by atoms with E-state index in [-0.39, 0.29) is 0 Å². The number of likely N-dealkylation sites (tertiary alicyclic amines) is 1. The second-order valence-electron chi connectivity index (χ2n) is 4.36. The van der Waals surface area contributed by atoms with Crippen LogP contribution in [0.15, 0.2) is 0 Å². The molecule has 0 radical (unpaired) electrons. The van der Waals surface area contributed by atoms with E-state index in [2.05, 4.69) is 24.3 Å². The molecule has 14 heavy (non-hydrogen) atoms. The van der Waals surface area contributed by atoms with Gasteiger partial charge in [-0.25, -0.2) is 0 Å². The number of hydrogen-bond donors (Lipinski definition) is 2. The van der Waals surface area contributed by atoms with Gasteiger partial charge in [0.05, 0.1) is 0 Å². The molecule has 2 N–H and O–H groups in total. The summed E-state index contributed by atoms with van der Waals surface area (Å²) < 4.78 is 0. The predicted octanol–water partition coefficient (Wildman–Crippen LogP) is 0.831. The Morgan fingerprint density at radius 2 is 2.21 bits per heavy atom. The average Bonchev–Trinajstić information content (AvgIpc) is 2.21. The molecule has 0 spiro atoms. The Labute approximate surface area is 87.5 Å². The molecule has 1 fully saturated rings. The largest absolute Gasteiger partial charge is 0.396 e. The minimum atomic E-state index is 0.339. The first kappa shape index (κ1) is 12.0. The molecule has 0 bridgehead atoms. The van der Waals surface area contributed by atoms with Crippen LogP contribution >= 0.6 is 0 Å². The van der Waals surface area contributed by atoms with Crippen molar-refractivity contribution in [3.8, 4) is 0 Å². The number of nitrogens with zero attached hydrogens (tertiary/aromatic N) is 1. The van der Waals surface area contributed by atoms with Crippen molar-refractivity contribution >= 4 is 0 Å². The lowest BCUT2D eigenvalue weighted by Crippen LogP contribution is -2.45. The third-order valence-electron chi connectivity index (χ3n) is 3.36. The van der Waals surface area contributed by atoms with Gasteiger partial charge in [-0.15, -0.1) is 0 Å². The summed E-state index contributed by atoms with van der Waals surface area (Å²) in [5.41, 5.74) is 0. The third-order valence-corrected chi connectivity index (χ3v) is 3.36. The quantitative estimate of drug-likeness (QED) is 0.645. The van der Waals surface area contributed by atoms with Gasteiger partial charge in [0.1, 0.15) is 0 Å². The van der Waals surface area contributed by atoms with Crippen LogP contribution in [0.3, 0.4) is 0 Å². The van der Waals surface area contributed by atoms with Crippen molar-refractivity contribution in [1.82, 2.24) is 10.2 Å². The number of rotatable bonds is 5. The van der Waals surface area contributed by atoms with Gasteiger partial charge in [-0.1, -0.05) is 0 Å². The van der Waals surface area contributed by atoms with Crippen molar-refractivity contribution < 1.29 is 5.11 Å². The molecule has 0 saturated carbocycles. The fourth-order valence-electron chi connectivity index (χ4n) is 2.26. The molecule has 0 aromatic carbocycles. The molecule has 1 heterocycles. The fraction of sp³-hybridized carbons (Fsp3) is 1.00. The Kier molecular flexibility index (Phi) is 5.45. The minimum absolute atomic E-state index is 0.339. The lowest BCUT2D eigenvalue weighted by Gasteiger charge is -2.37. The summed E-state index contributed by atoms with van der Waals surface area (Å²) in [6.07, 6.45) is 5.87. The van der Waals surface area contributed by atoms with Crippen LogP contribution in [-0.4, -0.2) is 49.3 Å². The van der Waals surface area contributed by atoms with E-state index < -0.39 is 0 Å². The molecule has 1 aliphatic rings. The van der Waals surface area contributed by atoms with Crippen LogP contribution in [0.5, 0.6) is 0 Å². The Bertz CT molecular complexity index is 152. The zero-order valence-electron chi connectivity index (χ0n) is 9.50. The van der Waals surface area contributed by atoms with E-state index in [1.807, 2.05) is 0 Å². The predicted molar refractivity (Wildman–Crippen MR) is 59.4 cm³/mol. The highest BCUT2D eigenvalue weighted by atomic mass is 16.2. The van der Waals surface area contributed by atoms with E-state index in [1.54, 1.807) is 0 Å². The molecule has 84 valence electrons. The molecule has 1 aliphatic heterocycles. The normalized spacial score (nSPS) is 29.4. The standard InChI is InChI=1S/C11H24N2O/c1-12-10-6-7-13(2)11(9-10)5-3-4-8-14/h10-12,14H,3-9H2,1-2H3. The lowest BCUT2D eigenvalue weighted by molar-refractivity contribution is 0.146. The number of aliphatic hydroxyl groups excluding tert-OH is 1. The number of piperidine rings is 1. The van der Waals surface area contributed by atoms with Crippen LogP contribution in [0.1, 0.15) is 32.1 Å². The second-order valence-corrected chi connectivity index (χ2v) is 4.36. The molecule has 3 heteroatoms. The first-order valence-corrected chi connectivity index (χ1v) is 5.76. The second kappa shape index (κ2) is 6.38. The molecule has 0 aromatic rings. The van der Waals surface area contributed by atoms with Gasteiger partial charge in [-0.3, -0.25) is 0 Å². The average molecular weight is 200 g/mol. The summed E-state index contributed by atoms with van der Waals surface area (Å²) >= 11 is 0. The van der Waals surface area contributed by atoms with Crippen LogP contribution in [-0.2, 0) is 0 Å². The molecule has 0 aliphatic carbocycles. The SMILES string of the molecule is CNC1CCN(C)C(CCCCO)C1. The van der Waals surface area contributed by atoms with Crippen molar-refractivity contribution in [2.24, 2.45) is 0 Å². The zero-order chi connectivity index (χ0) is 10.4. The van der Waals surface area contributed by atoms with Crippen LogP contribution in [0, 0.1) is 0 Å². The van der Waals surface area contributed by atoms with E-state index in [0.717, 1.165) is 12.8 Å². The van der Waals surface area contributed by atoms with Crippen LogP contribution in [0.4, 0.5) is 0 Å². The van der Waals surface area contributed by atoms with Gasteiger partial charge in [0.25, 0.3) is 0 Å². The Morgan fingerprint density at radius 3 is 2.86 bits per heavy atom. The molecule has 3 nitrogen and oxygen atoms in total. The summed E-state index contributed by atoms with van der Waals surface area (Å²) in [5, 5.41) is 12.1. The Morgan fingerprint density at radius 1 is 1.43 bits per heavy atom. The smallest absolute Gasteiger partial charge is 0.0431 e. The topological polar surface area (TPSA) is 35.5 Å². The van der Waals surface area contributed by atoms with Crippen LogP contribution < -0.4 is 5.32 Å². The van der Waals surface area contributed by atoms with E-state index in [9.17, 15) is 0 Å².